The summed E-state index contributed by atoms with van der Waals surface area (Å²) in [6.45, 7) is 5.21. The van der Waals surface area contributed by atoms with E-state index >= 15 is 0 Å². The van der Waals surface area contributed by atoms with Gasteiger partial charge in [0.15, 0.2) is 0 Å². The molecule has 0 unspecified atom stereocenters. The molecule has 0 saturated heterocycles. The van der Waals surface area contributed by atoms with Gasteiger partial charge in [0.25, 0.3) is 0 Å². The fourth-order valence-electron chi connectivity index (χ4n) is 1.72. The summed E-state index contributed by atoms with van der Waals surface area (Å²) in [6, 6.07) is 1.83. The fourth-order valence-corrected chi connectivity index (χ4v) is 1.72. The minimum absolute atomic E-state index is 0.112. The van der Waals surface area contributed by atoms with Gasteiger partial charge in [-0.1, -0.05) is 6.58 Å². The summed E-state index contributed by atoms with van der Waals surface area (Å²) >= 11 is 0. The molecule has 5 nitrogen and oxygen atoms in total. The monoisotopic (exact) mass is 233 g/mol. The minimum Gasteiger partial charge on any atom is -0.500 e. The Morgan fingerprint density at radius 3 is 3.06 bits per heavy atom. The molecule has 0 saturated carbocycles. The number of carbonyl (C=O) groups is 1. The number of amides is 2. The quantitative estimate of drug-likeness (QED) is 0.800. The van der Waals surface area contributed by atoms with Crippen LogP contribution in [0.2, 0.25) is 0 Å². The molecule has 2 heterocycles. The van der Waals surface area contributed by atoms with Gasteiger partial charge in [0, 0.05) is 25.5 Å². The minimum atomic E-state index is -0.112. The first-order valence-electron chi connectivity index (χ1n) is 5.37. The van der Waals surface area contributed by atoms with Crippen LogP contribution in [-0.4, -0.2) is 29.6 Å². The van der Waals surface area contributed by atoms with Gasteiger partial charge in [-0.15, -0.1) is 0 Å². The number of urea groups is 1. The third-order valence-corrected chi connectivity index (χ3v) is 2.74. The van der Waals surface area contributed by atoms with Crippen LogP contribution in [-0.2, 0) is 17.8 Å². The van der Waals surface area contributed by atoms with Gasteiger partial charge in [-0.3, -0.25) is 4.98 Å². The van der Waals surface area contributed by atoms with Gasteiger partial charge >= 0.3 is 6.03 Å². The Morgan fingerprint density at radius 1 is 1.59 bits per heavy atom. The van der Waals surface area contributed by atoms with E-state index in [9.17, 15) is 4.79 Å². The van der Waals surface area contributed by atoms with Crippen molar-refractivity contribution in [2.45, 2.75) is 13.1 Å². The van der Waals surface area contributed by atoms with E-state index < -0.39 is 0 Å². The van der Waals surface area contributed by atoms with Crippen LogP contribution in [0.25, 0.3) is 0 Å². The maximum absolute atomic E-state index is 11.8. The molecule has 1 aromatic rings. The Morgan fingerprint density at radius 2 is 2.35 bits per heavy atom. The average Bonchev–Trinajstić information content (AvgIpc) is 2.79. The first kappa shape index (κ1) is 11.4. The van der Waals surface area contributed by atoms with E-state index in [4.69, 9.17) is 4.74 Å². The summed E-state index contributed by atoms with van der Waals surface area (Å²) in [5.74, 6) is 0.539. The van der Waals surface area contributed by atoms with E-state index in [-0.39, 0.29) is 6.03 Å². The molecule has 90 valence electrons. The maximum Gasteiger partial charge on any atom is 0.318 e. The molecule has 17 heavy (non-hydrogen) atoms. The van der Waals surface area contributed by atoms with E-state index in [1.807, 2.05) is 6.07 Å². The Bertz CT molecular complexity index is 420. The number of fused-ring (bicyclic) bond motifs is 1. The van der Waals surface area contributed by atoms with E-state index in [1.54, 1.807) is 17.3 Å². The molecule has 0 bridgehead atoms. The maximum atomic E-state index is 11.8. The molecule has 1 aliphatic heterocycles. The highest BCUT2D eigenvalue weighted by Crippen LogP contribution is 2.20. The van der Waals surface area contributed by atoms with Gasteiger partial charge in [-0.05, 0) is 17.2 Å². The van der Waals surface area contributed by atoms with Crippen molar-refractivity contribution in [3.05, 3.63) is 41.9 Å². The van der Waals surface area contributed by atoms with Crippen molar-refractivity contribution in [1.29, 1.82) is 0 Å². The molecule has 1 aromatic heterocycles. The first-order valence-corrected chi connectivity index (χ1v) is 5.37. The second-order valence-electron chi connectivity index (χ2n) is 3.90. The highest BCUT2D eigenvalue weighted by atomic mass is 16.5. The van der Waals surface area contributed by atoms with Gasteiger partial charge in [-0.2, -0.15) is 0 Å². The molecule has 2 amide bonds. The second kappa shape index (κ2) is 4.86. The lowest BCUT2D eigenvalue weighted by Gasteiger charge is -2.16. The predicted molar refractivity (Wildman–Crippen MR) is 63.0 cm³/mol. The Labute approximate surface area is 100 Å². The van der Waals surface area contributed by atoms with Gasteiger partial charge in [0.1, 0.15) is 5.76 Å². The molecule has 0 atom stereocenters. The average molecular weight is 233 g/mol. The number of nitrogens with zero attached hydrogens (tertiary/aromatic N) is 2. The normalized spacial score (nSPS) is 13.1. The first-order chi connectivity index (χ1) is 8.20. The topological polar surface area (TPSA) is 54.5 Å². The molecule has 2 rings (SSSR count). The van der Waals surface area contributed by atoms with Crippen molar-refractivity contribution >= 4 is 6.03 Å². The lowest BCUT2D eigenvalue weighted by atomic mass is 10.2. The number of hydrogen-bond acceptors (Lipinski definition) is 3. The summed E-state index contributed by atoms with van der Waals surface area (Å²) in [6.07, 6.45) is 3.55. The summed E-state index contributed by atoms with van der Waals surface area (Å²) in [7, 11) is 1.53. The number of pyridine rings is 1. The zero-order valence-electron chi connectivity index (χ0n) is 9.77. The highest BCUT2D eigenvalue weighted by molar-refractivity contribution is 5.75. The van der Waals surface area contributed by atoms with Crippen molar-refractivity contribution in [3.63, 3.8) is 0 Å². The molecule has 0 aromatic carbocycles. The summed E-state index contributed by atoms with van der Waals surface area (Å²) in [5, 5.41) is 2.75. The van der Waals surface area contributed by atoms with Gasteiger partial charge in [0.05, 0.1) is 13.7 Å². The lowest BCUT2D eigenvalue weighted by molar-refractivity contribution is 0.196. The van der Waals surface area contributed by atoms with E-state index in [2.05, 4.69) is 16.9 Å². The number of ether oxygens (including phenoxy) is 1. The zero-order chi connectivity index (χ0) is 12.3. The Kier molecular flexibility index (Phi) is 3.27. The molecule has 0 radical (unpaired) electrons. The van der Waals surface area contributed by atoms with Crippen molar-refractivity contribution in [2.75, 3.05) is 13.7 Å². The SMILES string of the molecule is C=C(CNC(=O)N1Cc2ccncc2C1)OC. The van der Waals surface area contributed by atoms with Crippen LogP contribution in [0.3, 0.4) is 0 Å². The van der Waals surface area contributed by atoms with Crippen molar-refractivity contribution in [3.8, 4) is 0 Å². The number of methoxy groups -OCH3 is 1. The molecule has 1 N–H and O–H groups in total. The molecule has 0 fully saturated rings. The third-order valence-electron chi connectivity index (χ3n) is 2.74. The molecule has 1 aliphatic rings. The number of rotatable bonds is 3. The summed E-state index contributed by atoms with van der Waals surface area (Å²) in [5.41, 5.74) is 2.26. The third kappa shape index (κ3) is 2.55. The Hall–Kier alpha value is -2.04. The highest BCUT2D eigenvalue weighted by Gasteiger charge is 2.22. The van der Waals surface area contributed by atoms with Crippen LogP contribution in [0.1, 0.15) is 11.1 Å². The van der Waals surface area contributed by atoms with E-state index in [0.29, 0.717) is 25.4 Å². The van der Waals surface area contributed by atoms with Crippen LogP contribution in [0.5, 0.6) is 0 Å². The molecular formula is C12H15N3O2. The smallest absolute Gasteiger partial charge is 0.318 e. The van der Waals surface area contributed by atoms with Crippen LogP contribution < -0.4 is 5.32 Å². The van der Waals surface area contributed by atoms with Gasteiger partial charge in [-0.25, -0.2) is 4.79 Å². The van der Waals surface area contributed by atoms with Crippen LogP contribution in [0.4, 0.5) is 4.79 Å². The van der Waals surface area contributed by atoms with E-state index in [0.717, 1.165) is 11.1 Å². The largest absolute Gasteiger partial charge is 0.500 e. The summed E-state index contributed by atoms with van der Waals surface area (Å²) in [4.78, 5) is 17.6. The molecule has 0 spiro atoms. The zero-order valence-corrected chi connectivity index (χ0v) is 9.77. The van der Waals surface area contributed by atoms with E-state index in [1.165, 1.54) is 7.11 Å². The molecule has 5 heteroatoms. The standard InChI is InChI=1S/C12H15N3O2/c1-9(17-2)5-14-12(16)15-7-10-3-4-13-6-11(10)8-15/h3-4,6H,1,5,7-8H2,2H3,(H,14,16). The van der Waals surface area contributed by atoms with Crippen molar-refractivity contribution < 1.29 is 9.53 Å². The molecule has 0 aliphatic carbocycles. The van der Waals surface area contributed by atoms with Crippen molar-refractivity contribution in [2.24, 2.45) is 0 Å². The Balaban J connectivity index is 1.90. The van der Waals surface area contributed by atoms with Gasteiger partial charge < -0.3 is 15.0 Å². The second-order valence-corrected chi connectivity index (χ2v) is 3.90. The van der Waals surface area contributed by atoms with Crippen LogP contribution in [0, 0.1) is 0 Å². The fraction of sp³-hybridized carbons (Fsp3) is 0.333. The number of carbonyl (C=O) groups excluding carboxylic acids is 1. The number of hydrogen-bond donors (Lipinski definition) is 1. The van der Waals surface area contributed by atoms with Gasteiger partial charge in [0.2, 0.25) is 0 Å². The lowest BCUT2D eigenvalue weighted by Crippen LogP contribution is -2.37. The number of nitrogens with one attached hydrogen (secondary N) is 1. The van der Waals surface area contributed by atoms with Crippen molar-refractivity contribution in [1.82, 2.24) is 15.2 Å². The molecular weight excluding hydrogens is 218 g/mol. The predicted octanol–water partition coefficient (Wildman–Crippen LogP) is 1.27. The summed E-state index contributed by atoms with van der Waals surface area (Å²) < 4.78 is 4.89. The van der Waals surface area contributed by atoms with Crippen LogP contribution in [0.15, 0.2) is 30.8 Å². The van der Waals surface area contributed by atoms with Crippen LogP contribution >= 0.6 is 0 Å². The number of aromatic nitrogens is 1.